The third-order valence-corrected chi connectivity index (χ3v) is 4.67. The molecule has 0 aliphatic carbocycles. The summed E-state index contributed by atoms with van der Waals surface area (Å²) in [5, 5.41) is 0. The summed E-state index contributed by atoms with van der Waals surface area (Å²) in [5.74, 6) is -0.0768. The molecule has 0 unspecified atom stereocenters. The van der Waals surface area contributed by atoms with Crippen LogP contribution in [0.5, 0.6) is 0 Å². The molecule has 0 bridgehead atoms. The van der Waals surface area contributed by atoms with Gasteiger partial charge in [-0.15, -0.1) is 0 Å². The average molecular weight is 305 g/mol. The lowest BCUT2D eigenvalue weighted by atomic mass is 9.88. The topological polar surface area (TPSA) is 53.5 Å². The van der Waals surface area contributed by atoms with E-state index in [1.807, 2.05) is 0 Å². The van der Waals surface area contributed by atoms with Gasteiger partial charge < -0.3 is 9.80 Å². The Bertz CT molecular complexity index is 564. The number of halogens is 1. The number of aromatic nitrogens is 1. The number of pyridine rings is 1. The van der Waals surface area contributed by atoms with Gasteiger partial charge in [0.15, 0.2) is 5.67 Å². The zero-order valence-electron chi connectivity index (χ0n) is 12.7. The zero-order chi connectivity index (χ0) is 15.7. The van der Waals surface area contributed by atoms with Gasteiger partial charge in [0.1, 0.15) is 0 Å². The zero-order valence-corrected chi connectivity index (χ0v) is 12.7. The maximum Gasteiger partial charge on any atom is 0.229 e. The van der Waals surface area contributed by atoms with Gasteiger partial charge in [0.05, 0.1) is 11.6 Å². The number of hydrogen-bond acceptors (Lipinski definition) is 3. The van der Waals surface area contributed by atoms with E-state index in [2.05, 4.69) is 4.98 Å². The second-order valence-electron chi connectivity index (χ2n) is 6.13. The minimum atomic E-state index is -1.44. The summed E-state index contributed by atoms with van der Waals surface area (Å²) in [4.78, 5) is 31.0. The minimum Gasteiger partial charge on any atom is -0.342 e. The number of alkyl halides is 1. The number of likely N-dealkylation sites (tertiary alicyclic amines) is 2. The van der Waals surface area contributed by atoms with Crippen LogP contribution in [0.4, 0.5) is 4.39 Å². The van der Waals surface area contributed by atoms with Gasteiger partial charge in [0, 0.05) is 52.1 Å². The van der Waals surface area contributed by atoms with E-state index in [-0.39, 0.29) is 30.6 Å². The molecule has 1 aromatic heterocycles. The van der Waals surface area contributed by atoms with Gasteiger partial charge in [-0.3, -0.25) is 14.6 Å². The highest BCUT2D eigenvalue weighted by Crippen LogP contribution is 2.36. The van der Waals surface area contributed by atoms with Crippen molar-refractivity contribution < 1.29 is 14.0 Å². The number of hydrogen-bond donors (Lipinski definition) is 0. The third-order valence-electron chi connectivity index (χ3n) is 4.67. The molecule has 0 N–H and O–H groups in total. The Morgan fingerprint density at radius 2 is 1.91 bits per heavy atom. The smallest absolute Gasteiger partial charge is 0.229 e. The Morgan fingerprint density at radius 1 is 1.23 bits per heavy atom. The number of carbonyl (C=O) groups excluding carboxylic acids is 2. The van der Waals surface area contributed by atoms with E-state index < -0.39 is 5.67 Å². The Labute approximate surface area is 129 Å². The highest BCUT2D eigenvalue weighted by molar-refractivity contribution is 5.83. The molecule has 0 saturated carbocycles. The molecule has 118 valence electrons. The van der Waals surface area contributed by atoms with Gasteiger partial charge in [0.2, 0.25) is 11.8 Å². The van der Waals surface area contributed by atoms with E-state index in [1.54, 1.807) is 34.2 Å². The van der Waals surface area contributed by atoms with Crippen LogP contribution in [0.3, 0.4) is 0 Å². The van der Waals surface area contributed by atoms with Crippen LogP contribution < -0.4 is 0 Å². The van der Waals surface area contributed by atoms with Crippen molar-refractivity contribution in [2.75, 3.05) is 26.2 Å². The number of piperidine rings is 1. The third kappa shape index (κ3) is 2.69. The standard InChI is InChI=1S/C16H20FN3O2/c1-12(21)20-10-13(11-20)15(22)19-8-5-16(17,6-9-19)14-4-2-3-7-18-14/h2-4,7,13H,5-6,8-11H2,1H3. The molecule has 0 atom stereocenters. The molecule has 2 saturated heterocycles. The Balaban J connectivity index is 1.56. The summed E-state index contributed by atoms with van der Waals surface area (Å²) >= 11 is 0. The first-order valence-electron chi connectivity index (χ1n) is 7.64. The summed E-state index contributed by atoms with van der Waals surface area (Å²) < 4.78 is 15.0. The highest BCUT2D eigenvalue weighted by Gasteiger charge is 2.42. The summed E-state index contributed by atoms with van der Waals surface area (Å²) in [6.45, 7) is 3.30. The minimum absolute atomic E-state index is 0.000575. The molecule has 0 aromatic carbocycles. The summed E-state index contributed by atoms with van der Waals surface area (Å²) in [6, 6.07) is 5.25. The lowest BCUT2D eigenvalue weighted by Crippen LogP contribution is -2.57. The molecule has 2 fully saturated rings. The van der Waals surface area contributed by atoms with E-state index in [9.17, 15) is 14.0 Å². The van der Waals surface area contributed by atoms with Crippen molar-refractivity contribution in [3.05, 3.63) is 30.1 Å². The van der Waals surface area contributed by atoms with Gasteiger partial charge in [-0.05, 0) is 12.1 Å². The predicted molar refractivity (Wildman–Crippen MR) is 78.6 cm³/mol. The van der Waals surface area contributed by atoms with Crippen molar-refractivity contribution in [2.45, 2.75) is 25.4 Å². The number of rotatable bonds is 2. The summed E-state index contributed by atoms with van der Waals surface area (Å²) in [7, 11) is 0. The van der Waals surface area contributed by atoms with E-state index >= 15 is 0 Å². The SMILES string of the molecule is CC(=O)N1CC(C(=O)N2CCC(F)(c3ccccn3)CC2)C1. The maximum absolute atomic E-state index is 15.0. The normalized spacial score (nSPS) is 21.4. The van der Waals surface area contributed by atoms with E-state index in [0.717, 1.165) is 0 Å². The summed E-state index contributed by atoms with van der Waals surface area (Å²) in [5.41, 5.74) is -0.989. The largest absolute Gasteiger partial charge is 0.342 e. The van der Waals surface area contributed by atoms with Gasteiger partial charge in [-0.2, -0.15) is 0 Å². The monoisotopic (exact) mass is 305 g/mol. The first-order chi connectivity index (χ1) is 10.5. The molecular formula is C16H20FN3O2. The van der Waals surface area contributed by atoms with Crippen LogP contribution in [-0.2, 0) is 15.3 Å². The molecule has 22 heavy (non-hydrogen) atoms. The van der Waals surface area contributed by atoms with E-state index in [0.29, 0.717) is 31.9 Å². The van der Waals surface area contributed by atoms with Crippen LogP contribution in [0.15, 0.2) is 24.4 Å². The molecule has 1 aromatic rings. The van der Waals surface area contributed by atoms with Crippen LogP contribution in [0, 0.1) is 5.92 Å². The first-order valence-corrected chi connectivity index (χ1v) is 7.64. The number of carbonyl (C=O) groups is 2. The fourth-order valence-electron chi connectivity index (χ4n) is 3.12. The molecular weight excluding hydrogens is 285 g/mol. The van der Waals surface area contributed by atoms with Crippen LogP contribution in [0.2, 0.25) is 0 Å². The van der Waals surface area contributed by atoms with Gasteiger partial charge in [0.25, 0.3) is 0 Å². The Morgan fingerprint density at radius 3 is 2.45 bits per heavy atom. The van der Waals surface area contributed by atoms with Gasteiger partial charge in [-0.1, -0.05) is 6.07 Å². The lowest BCUT2D eigenvalue weighted by Gasteiger charge is -2.42. The molecule has 3 heterocycles. The lowest BCUT2D eigenvalue weighted by molar-refractivity contribution is -0.149. The second kappa shape index (κ2) is 5.66. The average Bonchev–Trinajstić information content (AvgIpc) is 2.47. The number of nitrogens with zero attached hydrogens (tertiary/aromatic N) is 3. The van der Waals surface area contributed by atoms with Crippen molar-refractivity contribution in [3.63, 3.8) is 0 Å². The second-order valence-corrected chi connectivity index (χ2v) is 6.13. The van der Waals surface area contributed by atoms with Crippen molar-refractivity contribution >= 4 is 11.8 Å². The molecule has 3 rings (SSSR count). The van der Waals surface area contributed by atoms with E-state index in [4.69, 9.17) is 0 Å². The molecule has 6 heteroatoms. The Hall–Kier alpha value is -1.98. The molecule has 0 radical (unpaired) electrons. The highest BCUT2D eigenvalue weighted by atomic mass is 19.1. The van der Waals surface area contributed by atoms with Crippen molar-refractivity contribution in [1.29, 1.82) is 0 Å². The summed E-state index contributed by atoms with van der Waals surface area (Å²) in [6.07, 6.45) is 2.15. The van der Waals surface area contributed by atoms with Crippen molar-refractivity contribution in [1.82, 2.24) is 14.8 Å². The fourth-order valence-corrected chi connectivity index (χ4v) is 3.12. The van der Waals surface area contributed by atoms with Crippen LogP contribution >= 0.6 is 0 Å². The molecule has 2 aliphatic rings. The molecule has 5 nitrogen and oxygen atoms in total. The van der Waals surface area contributed by atoms with E-state index in [1.165, 1.54) is 6.92 Å². The maximum atomic E-state index is 15.0. The quantitative estimate of drug-likeness (QED) is 0.829. The van der Waals surface area contributed by atoms with Crippen LogP contribution in [0.25, 0.3) is 0 Å². The van der Waals surface area contributed by atoms with Gasteiger partial charge >= 0.3 is 0 Å². The van der Waals surface area contributed by atoms with Crippen molar-refractivity contribution in [3.8, 4) is 0 Å². The van der Waals surface area contributed by atoms with Crippen LogP contribution in [0.1, 0.15) is 25.5 Å². The first kappa shape index (κ1) is 14.9. The fraction of sp³-hybridized carbons (Fsp3) is 0.562. The van der Waals surface area contributed by atoms with Crippen molar-refractivity contribution in [2.24, 2.45) is 5.92 Å². The van der Waals surface area contributed by atoms with Gasteiger partial charge in [-0.25, -0.2) is 4.39 Å². The molecule has 2 amide bonds. The molecule has 2 aliphatic heterocycles. The van der Waals surface area contributed by atoms with Crippen LogP contribution in [-0.4, -0.2) is 52.8 Å². The Kier molecular flexibility index (Phi) is 3.85. The molecule has 0 spiro atoms. The predicted octanol–water partition coefficient (Wildman–Crippen LogP) is 1.35. The number of amides is 2.